The van der Waals surface area contributed by atoms with Crippen LogP contribution in [0.15, 0.2) is 56.8 Å². The molecule has 0 saturated carbocycles. The zero-order valence-electron chi connectivity index (χ0n) is 18.1. The monoisotopic (exact) mass is 470 g/mol. The summed E-state index contributed by atoms with van der Waals surface area (Å²) in [7, 11) is 3.07. The van der Waals surface area contributed by atoms with Crippen molar-refractivity contribution in [3.05, 3.63) is 77.1 Å². The lowest BCUT2D eigenvalue weighted by molar-refractivity contribution is -0.139. The summed E-state index contributed by atoms with van der Waals surface area (Å²) >= 11 is 2.83. The quantitative estimate of drug-likeness (QED) is 0.518. The molecule has 1 atom stereocenters. The molecular weight excluding hydrogens is 448 g/mol. The molecule has 0 aliphatic carbocycles. The van der Waals surface area contributed by atoms with Crippen LogP contribution in [0.4, 0.5) is 0 Å². The summed E-state index contributed by atoms with van der Waals surface area (Å²) in [5, 5.41) is 1.95. The van der Waals surface area contributed by atoms with E-state index in [1.165, 1.54) is 18.4 Å². The van der Waals surface area contributed by atoms with E-state index >= 15 is 0 Å². The van der Waals surface area contributed by atoms with Crippen molar-refractivity contribution < 1.29 is 19.0 Å². The van der Waals surface area contributed by atoms with Crippen molar-refractivity contribution in [2.24, 2.45) is 4.99 Å². The molecule has 3 aromatic rings. The number of carbonyl (C=O) groups is 1. The van der Waals surface area contributed by atoms with Gasteiger partial charge in [-0.1, -0.05) is 29.5 Å². The van der Waals surface area contributed by atoms with Crippen LogP contribution < -0.4 is 24.4 Å². The normalized spacial score (nSPS) is 15.9. The number of nitrogens with zero attached hydrogens (tertiary/aromatic N) is 2. The molecule has 0 bridgehead atoms. The third kappa shape index (κ3) is 3.78. The Morgan fingerprint density at radius 2 is 2.03 bits per heavy atom. The molecule has 3 heterocycles. The van der Waals surface area contributed by atoms with Gasteiger partial charge in [0.2, 0.25) is 0 Å². The molecule has 7 nitrogen and oxygen atoms in total. The van der Waals surface area contributed by atoms with Gasteiger partial charge >= 0.3 is 5.97 Å². The second kappa shape index (κ2) is 9.13. The number of aromatic nitrogens is 1. The van der Waals surface area contributed by atoms with Crippen molar-refractivity contribution in [1.29, 1.82) is 0 Å². The Labute approximate surface area is 192 Å². The van der Waals surface area contributed by atoms with Gasteiger partial charge in [-0.2, -0.15) is 0 Å². The summed E-state index contributed by atoms with van der Waals surface area (Å²) in [6.07, 6.45) is 1.84. The molecule has 1 aliphatic rings. The van der Waals surface area contributed by atoms with Crippen LogP contribution in [0.1, 0.15) is 30.3 Å². The first-order valence-corrected chi connectivity index (χ1v) is 11.6. The number of rotatable bonds is 6. The largest absolute Gasteiger partial charge is 0.493 e. The average molecular weight is 471 g/mol. The molecule has 166 valence electrons. The van der Waals surface area contributed by atoms with Crippen molar-refractivity contribution >= 4 is 34.7 Å². The van der Waals surface area contributed by atoms with Gasteiger partial charge in [-0.25, -0.2) is 9.79 Å². The maximum absolute atomic E-state index is 13.6. The first kappa shape index (κ1) is 22.0. The van der Waals surface area contributed by atoms with Gasteiger partial charge < -0.3 is 14.2 Å². The van der Waals surface area contributed by atoms with Gasteiger partial charge in [0, 0.05) is 10.4 Å². The van der Waals surface area contributed by atoms with E-state index in [2.05, 4.69) is 4.99 Å². The van der Waals surface area contributed by atoms with E-state index in [9.17, 15) is 9.59 Å². The molecule has 2 aromatic heterocycles. The average Bonchev–Trinajstić information content (AvgIpc) is 3.40. The van der Waals surface area contributed by atoms with Crippen LogP contribution in [-0.2, 0) is 9.53 Å². The molecule has 0 spiro atoms. The summed E-state index contributed by atoms with van der Waals surface area (Å²) in [4.78, 5) is 32.6. The maximum Gasteiger partial charge on any atom is 0.338 e. The number of para-hydroxylation sites is 1. The van der Waals surface area contributed by atoms with Gasteiger partial charge in [-0.05, 0) is 37.4 Å². The van der Waals surface area contributed by atoms with Crippen molar-refractivity contribution in [3.8, 4) is 11.5 Å². The van der Waals surface area contributed by atoms with Gasteiger partial charge in [-0.3, -0.25) is 9.36 Å². The van der Waals surface area contributed by atoms with Crippen LogP contribution in [0.5, 0.6) is 11.5 Å². The Morgan fingerprint density at radius 3 is 2.69 bits per heavy atom. The van der Waals surface area contributed by atoms with Gasteiger partial charge in [0.05, 0.1) is 36.6 Å². The third-order valence-electron chi connectivity index (χ3n) is 5.06. The first-order chi connectivity index (χ1) is 15.5. The molecule has 0 unspecified atom stereocenters. The van der Waals surface area contributed by atoms with E-state index in [-0.39, 0.29) is 12.2 Å². The second-order valence-corrected chi connectivity index (χ2v) is 8.89. The van der Waals surface area contributed by atoms with Crippen molar-refractivity contribution in [1.82, 2.24) is 4.57 Å². The Balaban J connectivity index is 2.03. The number of hydrogen-bond acceptors (Lipinski definition) is 8. The standard InChI is InChI=1S/C23H22N2O5S2/c1-5-30-22(27)18-13(2)24-23-25(21(26)17(32-23)12-14-8-7-11-31-14)19(18)15-9-6-10-16(28-3)20(15)29-4/h6-12,19H,5H2,1-4H3/b17-12-/t19-/m1/s1. The van der Waals surface area contributed by atoms with Crippen LogP contribution in [0.25, 0.3) is 6.08 Å². The summed E-state index contributed by atoms with van der Waals surface area (Å²) in [5.74, 6) is 0.434. The molecular formula is C23H22N2O5S2. The number of methoxy groups -OCH3 is 2. The topological polar surface area (TPSA) is 79.1 Å². The number of ether oxygens (including phenoxy) is 3. The Hall–Kier alpha value is -3.17. The second-order valence-electron chi connectivity index (χ2n) is 6.90. The molecule has 4 rings (SSSR count). The number of hydrogen-bond donors (Lipinski definition) is 0. The van der Waals surface area contributed by atoms with Crippen molar-refractivity contribution in [3.63, 3.8) is 0 Å². The number of fused-ring (bicyclic) bond motifs is 1. The predicted octanol–water partition coefficient (Wildman–Crippen LogP) is 2.88. The number of thiazole rings is 1. The summed E-state index contributed by atoms with van der Waals surface area (Å²) in [6.45, 7) is 3.70. The zero-order valence-corrected chi connectivity index (χ0v) is 19.7. The highest BCUT2D eigenvalue weighted by Crippen LogP contribution is 2.40. The number of esters is 1. The molecule has 1 aliphatic heterocycles. The smallest absolute Gasteiger partial charge is 0.338 e. The van der Waals surface area contributed by atoms with Crippen LogP contribution in [0.3, 0.4) is 0 Å². The van der Waals surface area contributed by atoms with E-state index in [4.69, 9.17) is 14.2 Å². The van der Waals surface area contributed by atoms with E-state index in [1.807, 2.05) is 29.7 Å². The van der Waals surface area contributed by atoms with Gasteiger partial charge in [-0.15, -0.1) is 11.3 Å². The van der Waals surface area contributed by atoms with E-state index < -0.39 is 12.0 Å². The first-order valence-electron chi connectivity index (χ1n) is 9.94. The Bertz CT molecular complexity index is 1370. The van der Waals surface area contributed by atoms with Crippen LogP contribution in [0, 0.1) is 0 Å². The fraction of sp³-hybridized carbons (Fsp3) is 0.261. The van der Waals surface area contributed by atoms with Crippen LogP contribution in [0.2, 0.25) is 0 Å². The van der Waals surface area contributed by atoms with Gasteiger partial charge in [0.25, 0.3) is 5.56 Å². The lowest BCUT2D eigenvalue weighted by Gasteiger charge is -2.26. The van der Waals surface area contributed by atoms with Crippen LogP contribution in [-0.4, -0.2) is 31.4 Å². The van der Waals surface area contributed by atoms with Crippen LogP contribution >= 0.6 is 22.7 Å². The number of benzene rings is 1. The lowest BCUT2D eigenvalue weighted by Crippen LogP contribution is -2.40. The minimum atomic E-state index is -0.763. The fourth-order valence-electron chi connectivity index (χ4n) is 3.72. The summed E-state index contributed by atoms with van der Waals surface area (Å²) < 4.78 is 18.5. The maximum atomic E-state index is 13.6. The van der Waals surface area contributed by atoms with E-state index in [1.54, 1.807) is 49.0 Å². The third-order valence-corrected chi connectivity index (χ3v) is 6.86. The zero-order chi connectivity index (χ0) is 22.8. The predicted molar refractivity (Wildman–Crippen MR) is 124 cm³/mol. The van der Waals surface area contributed by atoms with Gasteiger partial charge in [0.15, 0.2) is 16.3 Å². The molecule has 0 saturated heterocycles. The summed E-state index contributed by atoms with van der Waals surface area (Å²) in [6, 6.07) is 8.50. The number of carbonyl (C=O) groups excluding carboxylic acids is 1. The van der Waals surface area contributed by atoms with E-state index in [0.717, 1.165) is 4.88 Å². The lowest BCUT2D eigenvalue weighted by atomic mass is 9.94. The molecule has 32 heavy (non-hydrogen) atoms. The van der Waals surface area contributed by atoms with E-state index in [0.29, 0.717) is 37.7 Å². The molecule has 0 amide bonds. The molecule has 1 aromatic carbocycles. The minimum absolute atomic E-state index is 0.209. The molecule has 9 heteroatoms. The highest BCUT2D eigenvalue weighted by atomic mass is 32.1. The Kier molecular flexibility index (Phi) is 6.29. The number of allylic oxidation sites excluding steroid dienone is 1. The highest BCUT2D eigenvalue weighted by molar-refractivity contribution is 7.11. The molecule has 0 radical (unpaired) electrons. The highest BCUT2D eigenvalue weighted by Gasteiger charge is 2.35. The molecule has 0 fully saturated rings. The SMILES string of the molecule is CCOC(=O)C1=C(C)N=c2s/c(=C\c3cccs3)c(=O)n2[C@@H]1c1cccc(OC)c1OC. The molecule has 0 N–H and O–H groups in total. The van der Waals surface area contributed by atoms with Crippen molar-refractivity contribution in [2.45, 2.75) is 19.9 Å². The van der Waals surface area contributed by atoms with Crippen molar-refractivity contribution in [2.75, 3.05) is 20.8 Å². The number of thiophene rings is 1. The van der Waals surface area contributed by atoms with Gasteiger partial charge in [0.1, 0.15) is 6.04 Å². The Morgan fingerprint density at radius 1 is 1.22 bits per heavy atom. The summed E-state index contributed by atoms with van der Waals surface area (Å²) in [5.41, 5.74) is 1.19. The minimum Gasteiger partial charge on any atom is -0.493 e. The fourth-order valence-corrected chi connectivity index (χ4v) is 5.49.